The summed E-state index contributed by atoms with van der Waals surface area (Å²) in [6, 6.07) is 15.0. The zero-order chi connectivity index (χ0) is 19.7. The fraction of sp³-hybridized carbons (Fsp3) is 0.350. The maximum absolute atomic E-state index is 12.6. The molecule has 148 valence electrons. The molecule has 7 nitrogen and oxygen atoms in total. The van der Waals surface area contributed by atoms with E-state index in [1.165, 1.54) is 23.8 Å². The van der Waals surface area contributed by atoms with Crippen molar-refractivity contribution < 1.29 is 12.8 Å². The Kier molecular flexibility index (Phi) is 5.09. The number of nitrogens with one attached hydrogen (secondary N) is 2. The quantitative estimate of drug-likeness (QED) is 0.662. The van der Waals surface area contributed by atoms with Crippen LogP contribution in [0.15, 0.2) is 62.6 Å². The number of fused-ring (bicyclic) bond motifs is 1. The summed E-state index contributed by atoms with van der Waals surface area (Å²) in [6.07, 6.45) is 0.950. The largest absolute Gasteiger partial charge is 0.417 e. The van der Waals surface area contributed by atoms with E-state index in [1.807, 2.05) is 18.2 Å². The Balaban J connectivity index is 1.39. The molecule has 2 heterocycles. The number of rotatable bonds is 6. The summed E-state index contributed by atoms with van der Waals surface area (Å²) in [4.78, 5) is 16.2. The van der Waals surface area contributed by atoms with Gasteiger partial charge in [-0.25, -0.2) is 17.9 Å². The van der Waals surface area contributed by atoms with Crippen LogP contribution >= 0.6 is 0 Å². The first-order valence-corrected chi connectivity index (χ1v) is 10.8. The summed E-state index contributed by atoms with van der Waals surface area (Å²) < 4.78 is 32.9. The predicted molar refractivity (Wildman–Crippen MR) is 107 cm³/mol. The topological polar surface area (TPSA) is 95.4 Å². The molecule has 0 radical (unpaired) electrons. The lowest BCUT2D eigenvalue weighted by Gasteiger charge is -2.24. The van der Waals surface area contributed by atoms with Crippen molar-refractivity contribution in [1.82, 2.24) is 14.6 Å². The molecule has 3 aromatic rings. The minimum atomic E-state index is -3.66. The normalized spacial score (nSPS) is 19.2. The van der Waals surface area contributed by atoms with Crippen molar-refractivity contribution in [3.8, 4) is 0 Å². The predicted octanol–water partition coefficient (Wildman–Crippen LogP) is 2.48. The molecular weight excluding hydrogens is 378 g/mol. The minimum Gasteiger partial charge on any atom is -0.408 e. The lowest BCUT2D eigenvalue weighted by Crippen LogP contribution is -2.31. The lowest BCUT2D eigenvalue weighted by atomic mass is 10.1. The van der Waals surface area contributed by atoms with Gasteiger partial charge in [0.15, 0.2) is 5.58 Å². The Morgan fingerprint density at radius 2 is 2.04 bits per heavy atom. The van der Waals surface area contributed by atoms with Gasteiger partial charge in [0, 0.05) is 25.2 Å². The van der Waals surface area contributed by atoms with Crippen LogP contribution in [-0.2, 0) is 10.0 Å². The molecule has 0 amide bonds. The monoisotopic (exact) mass is 401 g/mol. The number of aromatic amines is 1. The molecule has 0 bridgehead atoms. The second-order valence-electron chi connectivity index (χ2n) is 7.26. The molecule has 8 heteroatoms. The summed E-state index contributed by atoms with van der Waals surface area (Å²) in [7, 11) is -3.66. The third-order valence-electron chi connectivity index (χ3n) is 5.41. The first kappa shape index (κ1) is 18.9. The first-order chi connectivity index (χ1) is 13.4. The van der Waals surface area contributed by atoms with Gasteiger partial charge >= 0.3 is 5.76 Å². The van der Waals surface area contributed by atoms with Crippen LogP contribution in [0.2, 0.25) is 0 Å². The van der Waals surface area contributed by atoms with E-state index < -0.39 is 15.8 Å². The molecule has 1 aliphatic rings. The number of nitrogens with zero attached hydrogens (tertiary/aromatic N) is 1. The summed E-state index contributed by atoms with van der Waals surface area (Å²) in [5.74, 6) is -0.342. The Bertz CT molecular complexity index is 1120. The highest BCUT2D eigenvalue weighted by molar-refractivity contribution is 7.89. The van der Waals surface area contributed by atoms with Crippen LogP contribution < -0.4 is 10.5 Å². The fourth-order valence-electron chi connectivity index (χ4n) is 3.73. The molecule has 1 fully saturated rings. The SMILES string of the molecule is CC(c1ccccc1)N1CCC(CNS(=O)(=O)c2ccc3[nH]c(=O)oc3c2)C1. The first-order valence-electron chi connectivity index (χ1n) is 9.34. The van der Waals surface area contributed by atoms with Crippen molar-refractivity contribution in [2.45, 2.75) is 24.3 Å². The molecule has 2 aromatic carbocycles. The number of H-pyrrole nitrogens is 1. The number of sulfonamides is 1. The van der Waals surface area contributed by atoms with Crippen LogP contribution in [0.3, 0.4) is 0 Å². The van der Waals surface area contributed by atoms with E-state index in [2.05, 4.69) is 33.7 Å². The summed E-state index contributed by atoms with van der Waals surface area (Å²) in [5.41, 5.74) is 1.98. The highest BCUT2D eigenvalue weighted by Gasteiger charge is 2.28. The van der Waals surface area contributed by atoms with Gasteiger partial charge in [-0.2, -0.15) is 0 Å². The van der Waals surface area contributed by atoms with Crippen LogP contribution in [0, 0.1) is 5.92 Å². The molecule has 2 N–H and O–H groups in total. The van der Waals surface area contributed by atoms with Crippen LogP contribution in [-0.4, -0.2) is 37.9 Å². The van der Waals surface area contributed by atoms with E-state index in [-0.39, 0.29) is 16.4 Å². The summed E-state index contributed by atoms with van der Waals surface area (Å²) >= 11 is 0. The van der Waals surface area contributed by atoms with Gasteiger partial charge in [-0.3, -0.25) is 9.88 Å². The Labute approximate surface area is 163 Å². The Morgan fingerprint density at radius 3 is 2.82 bits per heavy atom. The van der Waals surface area contributed by atoms with E-state index >= 15 is 0 Å². The minimum absolute atomic E-state index is 0.0928. The van der Waals surface area contributed by atoms with Crippen LogP contribution in [0.25, 0.3) is 11.1 Å². The van der Waals surface area contributed by atoms with Gasteiger partial charge in [-0.1, -0.05) is 30.3 Å². The van der Waals surface area contributed by atoms with E-state index in [9.17, 15) is 13.2 Å². The second kappa shape index (κ2) is 7.54. The number of aromatic nitrogens is 1. The maximum Gasteiger partial charge on any atom is 0.417 e. The number of benzene rings is 2. The zero-order valence-electron chi connectivity index (χ0n) is 15.6. The number of hydrogen-bond acceptors (Lipinski definition) is 5. The molecule has 2 unspecified atom stereocenters. The Morgan fingerprint density at radius 1 is 1.25 bits per heavy atom. The van der Waals surface area contributed by atoms with Crippen LogP contribution in [0.5, 0.6) is 0 Å². The smallest absolute Gasteiger partial charge is 0.408 e. The fourth-order valence-corrected chi connectivity index (χ4v) is 4.86. The van der Waals surface area contributed by atoms with Crippen LogP contribution in [0.4, 0.5) is 0 Å². The van der Waals surface area contributed by atoms with E-state index in [1.54, 1.807) is 0 Å². The van der Waals surface area contributed by atoms with E-state index in [0.717, 1.165) is 19.5 Å². The van der Waals surface area contributed by atoms with Crippen molar-refractivity contribution in [2.24, 2.45) is 5.92 Å². The van der Waals surface area contributed by atoms with Crippen LogP contribution in [0.1, 0.15) is 24.9 Å². The van der Waals surface area contributed by atoms with Gasteiger partial charge in [-0.05, 0) is 43.5 Å². The third-order valence-corrected chi connectivity index (χ3v) is 6.83. The highest BCUT2D eigenvalue weighted by Crippen LogP contribution is 2.27. The molecule has 4 rings (SSSR count). The molecule has 2 atom stereocenters. The standard InChI is InChI=1S/C20H23N3O4S/c1-14(16-5-3-2-4-6-16)23-10-9-15(13-23)12-21-28(25,26)17-7-8-18-19(11-17)27-20(24)22-18/h2-8,11,14-15,21H,9-10,12-13H2,1H3,(H,22,24). The highest BCUT2D eigenvalue weighted by atomic mass is 32.2. The van der Waals surface area contributed by atoms with Crippen molar-refractivity contribution in [2.75, 3.05) is 19.6 Å². The average molecular weight is 401 g/mol. The van der Waals surface area contributed by atoms with Gasteiger partial charge < -0.3 is 4.42 Å². The lowest BCUT2D eigenvalue weighted by molar-refractivity contribution is 0.253. The van der Waals surface area contributed by atoms with E-state index in [0.29, 0.717) is 18.1 Å². The average Bonchev–Trinajstić information content (AvgIpc) is 3.31. The van der Waals surface area contributed by atoms with Gasteiger partial charge in [-0.15, -0.1) is 0 Å². The van der Waals surface area contributed by atoms with Gasteiger partial charge in [0.05, 0.1) is 10.4 Å². The maximum atomic E-state index is 12.6. The number of likely N-dealkylation sites (tertiary alicyclic amines) is 1. The summed E-state index contributed by atoms with van der Waals surface area (Å²) in [6.45, 7) is 4.37. The van der Waals surface area contributed by atoms with Crippen molar-refractivity contribution >= 4 is 21.1 Å². The van der Waals surface area contributed by atoms with Crippen molar-refractivity contribution in [3.63, 3.8) is 0 Å². The number of hydrogen-bond donors (Lipinski definition) is 2. The molecule has 0 aliphatic carbocycles. The number of oxazole rings is 1. The van der Waals surface area contributed by atoms with Crippen molar-refractivity contribution in [3.05, 3.63) is 64.6 Å². The molecular formula is C20H23N3O4S. The van der Waals surface area contributed by atoms with Gasteiger partial charge in [0.25, 0.3) is 0 Å². The Hall–Kier alpha value is -2.42. The van der Waals surface area contributed by atoms with E-state index in [4.69, 9.17) is 4.42 Å². The molecule has 28 heavy (non-hydrogen) atoms. The van der Waals surface area contributed by atoms with Gasteiger partial charge in [0.1, 0.15) is 0 Å². The molecule has 0 spiro atoms. The molecule has 1 saturated heterocycles. The third kappa shape index (κ3) is 3.89. The molecule has 1 aliphatic heterocycles. The van der Waals surface area contributed by atoms with Gasteiger partial charge in [0.2, 0.25) is 10.0 Å². The molecule has 0 saturated carbocycles. The second-order valence-corrected chi connectivity index (χ2v) is 9.03. The molecule has 1 aromatic heterocycles. The zero-order valence-corrected chi connectivity index (χ0v) is 16.4. The summed E-state index contributed by atoms with van der Waals surface area (Å²) in [5, 5.41) is 0. The van der Waals surface area contributed by atoms with Crippen molar-refractivity contribution in [1.29, 1.82) is 0 Å².